The fourth-order valence-corrected chi connectivity index (χ4v) is 9.20. The van der Waals surface area contributed by atoms with Crippen molar-refractivity contribution in [3.63, 3.8) is 0 Å². The Morgan fingerprint density at radius 1 is 0.316 bits per heavy atom. The third-order valence-electron chi connectivity index (χ3n) is 12.1. The normalized spacial score (nSPS) is 13.6. The van der Waals surface area contributed by atoms with Crippen molar-refractivity contribution in [3.8, 4) is 67.5 Å². The number of hydrogen-bond acceptors (Lipinski definition) is 3. The first-order chi connectivity index (χ1) is 27.5. The average molecular weight is 736 g/mol. The summed E-state index contributed by atoms with van der Waals surface area (Å²) >= 11 is 0. The monoisotopic (exact) mass is 735 g/mol. The van der Waals surface area contributed by atoms with Gasteiger partial charge in [-0.3, -0.25) is 0 Å². The highest BCUT2D eigenvalue weighted by atomic mass is 15.0. The van der Waals surface area contributed by atoms with E-state index in [1.807, 2.05) is 0 Å². The van der Waals surface area contributed by atoms with Gasteiger partial charge in [0, 0.05) is 16.7 Å². The molecule has 0 saturated heterocycles. The molecule has 7 aromatic carbocycles. The van der Waals surface area contributed by atoms with Gasteiger partial charge in [-0.1, -0.05) is 205 Å². The van der Waals surface area contributed by atoms with E-state index in [0.29, 0.717) is 17.5 Å². The van der Waals surface area contributed by atoms with E-state index >= 15 is 0 Å². The second-order valence-electron chi connectivity index (χ2n) is 17.7. The largest absolute Gasteiger partial charge is 0.208 e. The first kappa shape index (κ1) is 35.0. The lowest BCUT2D eigenvalue weighted by Gasteiger charge is -2.32. The van der Waals surface area contributed by atoms with E-state index in [9.17, 15) is 0 Å². The Morgan fingerprint density at radius 2 is 0.632 bits per heavy atom. The van der Waals surface area contributed by atoms with Crippen molar-refractivity contribution in [2.75, 3.05) is 0 Å². The van der Waals surface area contributed by atoms with Crippen LogP contribution in [0.1, 0.15) is 74.9 Å². The maximum absolute atomic E-state index is 5.12. The molecule has 1 spiro atoms. The van der Waals surface area contributed by atoms with Crippen LogP contribution in [0.2, 0.25) is 0 Å². The van der Waals surface area contributed by atoms with Crippen molar-refractivity contribution in [2.45, 2.75) is 57.8 Å². The zero-order valence-corrected chi connectivity index (χ0v) is 33.4. The van der Waals surface area contributed by atoms with Crippen molar-refractivity contribution in [3.05, 3.63) is 197 Å². The molecule has 1 aromatic heterocycles. The molecular formula is C54H45N3. The van der Waals surface area contributed by atoms with Crippen LogP contribution >= 0.6 is 0 Å². The molecule has 2 aliphatic rings. The maximum atomic E-state index is 5.12. The third kappa shape index (κ3) is 5.51. The fraction of sp³-hybridized carbons (Fsp3) is 0.167. The van der Waals surface area contributed by atoms with Gasteiger partial charge in [0.2, 0.25) is 0 Å². The molecule has 0 fully saturated rings. The third-order valence-corrected chi connectivity index (χ3v) is 12.1. The summed E-state index contributed by atoms with van der Waals surface area (Å²) in [5.74, 6) is 1.99. The van der Waals surface area contributed by atoms with E-state index in [-0.39, 0.29) is 10.8 Å². The van der Waals surface area contributed by atoms with Crippen LogP contribution in [0.4, 0.5) is 0 Å². The smallest absolute Gasteiger partial charge is 0.164 e. The van der Waals surface area contributed by atoms with E-state index in [0.717, 1.165) is 22.3 Å². The Labute approximate surface area is 336 Å². The standard InChI is InChI=1S/C54H45N3/c1-52(2,3)38-30-26-36(27-31-38)50-55-49(56-51(57-50)37-28-32-39(33-29-37)53(4,5)6)35-24-22-34(23-25-35)40-17-13-18-44-43-16-9-12-21-47(43)54(48(40)44)45-19-10-7-14-41(45)42-15-8-11-20-46(42)54/h7-33H,1-6H3. The first-order valence-corrected chi connectivity index (χ1v) is 20.0. The van der Waals surface area contributed by atoms with Crippen molar-refractivity contribution in [1.82, 2.24) is 15.0 Å². The number of rotatable bonds is 4. The molecular weight excluding hydrogens is 691 g/mol. The molecule has 3 nitrogen and oxygen atoms in total. The fourth-order valence-electron chi connectivity index (χ4n) is 9.20. The van der Waals surface area contributed by atoms with E-state index in [1.54, 1.807) is 0 Å². The minimum Gasteiger partial charge on any atom is -0.208 e. The van der Waals surface area contributed by atoms with Crippen LogP contribution in [0.3, 0.4) is 0 Å². The summed E-state index contributed by atoms with van der Waals surface area (Å²) in [6.45, 7) is 13.4. The van der Waals surface area contributed by atoms with Gasteiger partial charge in [-0.25, -0.2) is 15.0 Å². The number of hydrogen-bond donors (Lipinski definition) is 0. The lowest BCUT2D eigenvalue weighted by atomic mass is 9.68. The van der Waals surface area contributed by atoms with Gasteiger partial charge in [-0.05, 0) is 77.6 Å². The molecule has 10 rings (SSSR count). The van der Waals surface area contributed by atoms with Crippen molar-refractivity contribution in [2.24, 2.45) is 0 Å². The summed E-state index contributed by atoms with van der Waals surface area (Å²) in [7, 11) is 0. The summed E-state index contributed by atoms with van der Waals surface area (Å²) < 4.78 is 0. The lowest BCUT2D eigenvalue weighted by molar-refractivity contribution is 0.590. The Hall–Kier alpha value is -6.45. The molecule has 0 atom stereocenters. The molecule has 0 amide bonds. The summed E-state index contributed by atoms with van der Waals surface area (Å²) in [6, 6.07) is 59.9. The molecule has 2 aliphatic carbocycles. The van der Waals surface area contributed by atoms with Gasteiger partial charge in [-0.15, -0.1) is 0 Å². The first-order valence-electron chi connectivity index (χ1n) is 20.0. The number of nitrogens with zero attached hydrogens (tertiary/aromatic N) is 3. The van der Waals surface area contributed by atoms with E-state index in [2.05, 4.69) is 205 Å². The van der Waals surface area contributed by atoms with Gasteiger partial charge in [0.05, 0.1) is 5.41 Å². The maximum Gasteiger partial charge on any atom is 0.164 e. The number of benzene rings is 7. The second kappa shape index (κ2) is 12.8. The second-order valence-corrected chi connectivity index (χ2v) is 17.7. The van der Waals surface area contributed by atoms with Crippen LogP contribution in [-0.4, -0.2) is 15.0 Å². The van der Waals surface area contributed by atoms with Gasteiger partial charge in [-0.2, -0.15) is 0 Å². The van der Waals surface area contributed by atoms with Gasteiger partial charge in [0.25, 0.3) is 0 Å². The van der Waals surface area contributed by atoms with Crippen LogP contribution in [0.15, 0.2) is 164 Å². The Morgan fingerprint density at radius 3 is 1.04 bits per heavy atom. The van der Waals surface area contributed by atoms with Crippen LogP contribution in [0.25, 0.3) is 67.5 Å². The minimum absolute atomic E-state index is 0.0519. The highest BCUT2D eigenvalue weighted by Gasteiger charge is 2.52. The zero-order chi connectivity index (χ0) is 39.1. The molecule has 0 N–H and O–H groups in total. The topological polar surface area (TPSA) is 38.7 Å². The molecule has 8 aromatic rings. The summed E-state index contributed by atoms with van der Waals surface area (Å²) in [5.41, 5.74) is 18.1. The van der Waals surface area contributed by atoms with Crippen LogP contribution in [-0.2, 0) is 16.2 Å². The van der Waals surface area contributed by atoms with Crippen molar-refractivity contribution < 1.29 is 0 Å². The predicted molar refractivity (Wildman–Crippen MR) is 235 cm³/mol. The molecule has 1 heterocycles. The van der Waals surface area contributed by atoms with E-state index < -0.39 is 5.41 Å². The lowest BCUT2D eigenvalue weighted by Crippen LogP contribution is -2.26. The Bertz CT molecular complexity index is 2690. The van der Waals surface area contributed by atoms with Gasteiger partial charge in [0.15, 0.2) is 17.5 Å². The molecule has 0 saturated carbocycles. The summed E-state index contributed by atoms with van der Waals surface area (Å²) in [6.07, 6.45) is 0. The van der Waals surface area contributed by atoms with Gasteiger partial charge >= 0.3 is 0 Å². The summed E-state index contributed by atoms with van der Waals surface area (Å²) in [5, 5.41) is 0. The quantitative estimate of drug-likeness (QED) is 0.181. The van der Waals surface area contributed by atoms with Crippen molar-refractivity contribution in [1.29, 1.82) is 0 Å². The predicted octanol–water partition coefficient (Wildman–Crippen LogP) is 13.5. The van der Waals surface area contributed by atoms with Gasteiger partial charge in [0.1, 0.15) is 0 Å². The van der Waals surface area contributed by atoms with Crippen LogP contribution in [0.5, 0.6) is 0 Å². The van der Waals surface area contributed by atoms with Crippen LogP contribution in [0, 0.1) is 0 Å². The molecule has 276 valence electrons. The van der Waals surface area contributed by atoms with E-state index in [4.69, 9.17) is 15.0 Å². The Kier molecular flexibility index (Phi) is 7.85. The molecule has 0 radical (unpaired) electrons. The zero-order valence-electron chi connectivity index (χ0n) is 33.4. The average Bonchev–Trinajstić information content (AvgIpc) is 3.71. The molecule has 0 aliphatic heterocycles. The highest BCUT2D eigenvalue weighted by molar-refractivity contribution is 5.98. The van der Waals surface area contributed by atoms with Crippen LogP contribution < -0.4 is 0 Å². The van der Waals surface area contributed by atoms with Crippen molar-refractivity contribution >= 4 is 0 Å². The Balaban J connectivity index is 1.11. The summed E-state index contributed by atoms with van der Waals surface area (Å²) in [4.78, 5) is 15.3. The molecule has 3 heteroatoms. The SMILES string of the molecule is CC(C)(C)c1ccc(-c2nc(-c3ccc(-c4cccc5c4C4(c6ccccc6-c6ccccc64)c4ccccc4-5)cc3)nc(-c3ccc(C(C)(C)C)cc3)n2)cc1. The molecule has 57 heavy (non-hydrogen) atoms. The van der Waals surface area contributed by atoms with E-state index in [1.165, 1.54) is 61.2 Å². The van der Waals surface area contributed by atoms with Gasteiger partial charge < -0.3 is 0 Å². The minimum atomic E-state index is -0.419. The molecule has 0 unspecified atom stereocenters. The number of aromatic nitrogens is 3. The number of fused-ring (bicyclic) bond motifs is 10. The molecule has 0 bridgehead atoms. The highest BCUT2D eigenvalue weighted by Crippen LogP contribution is 2.64.